The number of nitrogens with zero attached hydrogens (tertiary/aromatic N) is 2. The maximum absolute atomic E-state index is 11.7. The largest absolute Gasteiger partial charge is 0.383 e. The molecule has 0 spiro atoms. The Morgan fingerprint density at radius 1 is 1.45 bits per heavy atom. The van der Waals surface area contributed by atoms with Gasteiger partial charge in [0.1, 0.15) is 12.4 Å². The molecule has 0 aliphatic heterocycles. The lowest BCUT2D eigenvalue weighted by Gasteiger charge is -2.11. The van der Waals surface area contributed by atoms with Crippen LogP contribution in [-0.4, -0.2) is 40.8 Å². The fraction of sp³-hybridized carbons (Fsp3) is 0.250. The summed E-state index contributed by atoms with van der Waals surface area (Å²) in [4.78, 5) is 15.7. The Balaban J connectivity index is 0.00000200. The van der Waals surface area contributed by atoms with Gasteiger partial charge in [-0.1, -0.05) is 0 Å². The van der Waals surface area contributed by atoms with Crippen LogP contribution in [0.5, 0.6) is 0 Å². The van der Waals surface area contributed by atoms with Gasteiger partial charge in [-0.05, 0) is 24.3 Å². The number of halogens is 1. The summed E-state index contributed by atoms with van der Waals surface area (Å²) in [5.41, 5.74) is 7.17. The van der Waals surface area contributed by atoms with Gasteiger partial charge < -0.3 is 15.8 Å². The van der Waals surface area contributed by atoms with Crippen LogP contribution in [-0.2, 0) is 9.53 Å². The third-order valence-electron chi connectivity index (χ3n) is 2.52. The molecule has 0 saturated heterocycles. The third kappa shape index (κ3) is 4.02. The van der Waals surface area contributed by atoms with Crippen LogP contribution in [0, 0.1) is 0 Å². The van der Waals surface area contributed by atoms with E-state index in [1.54, 1.807) is 12.1 Å². The van der Waals surface area contributed by atoms with E-state index in [9.17, 15) is 4.79 Å². The number of ether oxygens (including phenoxy) is 1. The Labute approximate surface area is 122 Å². The standard InChI is InChI=1S/C12H15N5O2.ClH/c1-19-6-10(13)12(18)16-9-4-2-8(3-5-9)11-14-7-15-17-11;/h2-5,7,10H,6,13H2,1H3,(H,16,18)(H,14,15,17);1H. The number of carbonyl (C=O) groups excluding carboxylic acids is 1. The number of nitrogens with two attached hydrogens (primary N) is 1. The molecule has 1 unspecified atom stereocenters. The number of rotatable bonds is 5. The Morgan fingerprint density at radius 3 is 2.70 bits per heavy atom. The van der Waals surface area contributed by atoms with Crippen molar-refractivity contribution in [3.05, 3.63) is 30.6 Å². The van der Waals surface area contributed by atoms with Crippen molar-refractivity contribution >= 4 is 24.0 Å². The van der Waals surface area contributed by atoms with Gasteiger partial charge in [0.2, 0.25) is 5.91 Å². The first-order valence-corrected chi connectivity index (χ1v) is 5.72. The number of aromatic amines is 1. The van der Waals surface area contributed by atoms with Crippen molar-refractivity contribution in [3.63, 3.8) is 0 Å². The number of amides is 1. The SMILES string of the molecule is COCC(N)C(=O)Nc1ccc(-c2ncn[nH]2)cc1.Cl. The maximum Gasteiger partial charge on any atom is 0.243 e. The van der Waals surface area contributed by atoms with E-state index in [4.69, 9.17) is 10.5 Å². The predicted octanol–water partition coefficient (Wildman–Crippen LogP) is 0.806. The van der Waals surface area contributed by atoms with Gasteiger partial charge in [0.15, 0.2) is 5.82 Å². The molecule has 4 N–H and O–H groups in total. The lowest BCUT2D eigenvalue weighted by molar-refractivity contribution is -0.118. The van der Waals surface area contributed by atoms with Gasteiger partial charge in [-0.25, -0.2) is 4.98 Å². The summed E-state index contributed by atoms with van der Waals surface area (Å²) in [5, 5.41) is 9.25. The van der Waals surface area contributed by atoms with E-state index >= 15 is 0 Å². The number of hydrogen-bond donors (Lipinski definition) is 3. The van der Waals surface area contributed by atoms with E-state index in [0.717, 1.165) is 5.56 Å². The molecular weight excluding hydrogens is 282 g/mol. The second-order valence-corrected chi connectivity index (χ2v) is 3.96. The fourth-order valence-corrected chi connectivity index (χ4v) is 1.55. The first kappa shape index (κ1) is 16.1. The smallest absolute Gasteiger partial charge is 0.243 e. The Morgan fingerprint density at radius 2 is 2.15 bits per heavy atom. The molecule has 1 aromatic heterocycles. The average Bonchev–Trinajstić information content (AvgIpc) is 2.94. The highest BCUT2D eigenvalue weighted by atomic mass is 35.5. The summed E-state index contributed by atoms with van der Waals surface area (Å²) >= 11 is 0. The van der Waals surface area contributed by atoms with Gasteiger partial charge in [-0.15, -0.1) is 12.4 Å². The van der Waals surface area contributed by atoms with E-state index in [0.29, 0.717) is 11.5 Å². The monoisotopic (exact) mass is 297 g/mol. The summed E-state index contributed by atoms with van der Waals surface area (Å²) in [6, 6.07) is 6.53. The molecule has 1 heterocycles. The van der Waals surface area contributed by atoms with Gasteiger partial charge in [-0.2, -0.15) is 5.10 Å². The Kier molecular flexibility index (Phi) is 6.10. The van der Waals surface area contributed by atoms with Gasteiger partial charge in [-0.3, -0.25) is 9.89 Å². The number of benzene rings is 1. The molecule has 1 atom stereocenters. The van der Waals surface area contributed by atoms with Crippen LogP contribution < -0.4 is 11.1 Å². The van der Waals surface area contributed by atoms with Gasteiger partial charge in [0.25, 0.3) is 0 Å². The van der Waals surface area contributed by atoms with Crippen molar-refractivity contribution in [3.8, 4) is 11.4 Å². The molecule has 2 aromatic rings. The van der Waals surface area contributed by atoms with Gasteiger partial charge >= 0.3 is 0 Å². The molecule has 0 aliphatic carbocycles. The maximum atomic E-state index is 11.7. The normalized spacial score (nSPS) is 11.5. The molecular formula is C12H16ClN5O2. The zero-order valence-electron chi connectivity index (χ0n) is 10.9. The van der Waals surface area contributed by atoms with Crippen molar-refractivity contribution in [2.75, 3.05) is 19.0 Å². The molecule has 0 bridgehead atoms. The summed E-state index contributed by atoms with van der Waals surface area (Å²) in [6.07, 6.45) is 1.44. The zero-order chi connectivity index (χ0) is 13.7. The average molecular weight is 298 g/mol. The Hall–Kier alpha value is -1.96. The van der Waals surface area contributed by atoms with E-state index in [2.05, 4.69) is 20.5 Å². The van der Waals surface area contributed by atoms with Crippen molar-refractivity contribution in [2.24, 2.45) is 5.73 Å². The van der Waals surface area contributed by atoms with Crippen LogP contribution in [0.3, 0.4) is 0 Å². The molecule has 1 amide bonds. The number of H-pyrrole nitrogens is 1. The fourth-order valence-electron chi connectivity index (χ4n) is 1.55. The van der Waals surface area contributed by atoms with Crippen LogP contribution in [0.4, 0.5) is 5.69 Å². The van der Waals surface area contributed by atoms with E-state index in [1.165, 1.54) is 13.4 Å². The quantitative estimate of drug-likeness (QED) is 0.757. The minimum absolute atomic E-state index is 0. The highest BCUT2D eigenvalue weighted by Crippen LogP contribution is 2.17. The molecule has 7 nitrogen and oxygen atoms in total. The number of methoxy groups -OCH3 is 1. The summed E-state index contributed by atoms with van der Waals surface area (Å²) in [7, 11) is 1.50. The molecule has 20 heavy (non-hydrogen) atoms. The van der Waals surface area contributed by atoms with E-state index < -0.39 is 6.04 Å². The summed E-state index contributed by atoms with van der Waals surface area (Å²) in [5.74, 6) is 0.392. The molecule has 108 valence electrons. The molecule has 1 aromatic carbocycles. The number of carbonyl (C=O) groups is 1. The highest BCUT2D eigenvalue weighted by Gasteiger charge is 2.13. The van der Waals surface area contributed by atoms with Gasteiger partial charge in [0.05, 0.1) is 6.61 Å². The van der Waals surface area contributed by atoms with Crippen LogP contribution in [0.25, 0.3) is 11.4 Å². The molecule has 8 heteroatoms. The molecule has 0 fully saturated rings. The summed E-state index contributed by atoms with van der Waals surface area (Å²) in [6.45, 7) is 0.183. The molecule has 0 radical (unpaired) electrons. The van der Waals surface area contributed by atoms with E-state index in [1.807, 2.05) is 12.1 Å². The highest BCUT2D eigenvalue weighted by molar-refractivity contribution is 5.94. The summed E-state index contributed by atoms with van der Waals surface area (Å²) < 4.78 is 4.83. The van der Waals surface area contributed by atoms with Crippen LogP contribution in [0.2, 0.25) is 0 Å². The molecule has 0 saturated carbocycles. The third-order valence-corrected chi connectivity index (χ3v) is 2.52. The second-order valence-electron chi connectivity index (χ2n) is 3.96. The minimum Gasteiger partial charge on any atom is -0.383 e. The lowest BCUT2D eigenvalue weighted by atomic mass is 10.2. The second kappa shape index (κ2) is 7.59. The van der Waals surface area contributed by atoms with Crippen molar-refractivity contribution in [1.82, 2.24) is 15.2 Å². The first-order chi connectivity index (χ1) is 9.20. The molecule has 0 aliphatic rings. The number of aromatic nitrogens is 3. The number of anilines is 1. The van der Waals surface area contributed by atoms with Crippen molar-refractivity contribution in [2.45, 2.75) is 6.04 Å². The minimum atomic E-state index is -0.682. The van der Waals surface area contributed by atoms with Crippen LogP contribution >= 0.6 is 12.4 Å². The van der Waals surface area contributed by atoms with Crippen molar-refractivity contribution < 1.29 is 9.53 Å². The first-order valence-electron chi connectivity index (χ1n) is 5.72. The van der Waals surface area contributed by atoms with Crippen LogP contribution in [0.15, 0.2) is 30.6 Å². The van der Waals surface area contributed by atoms with Gasteiger partial charge in [0, 0.05) is 18.4 Å². The molecule has 2 rings (SSSR count). The predicted molar refractivity (Wildman–Crippen MR) is 77.5 cm³/mol. The van der Waals surface area contributed by atoms with Crippen molar-refractivity contribution in [1.29, 1.82) is 0 Å². The van der Waals surface area contributed by atoms with E-state index in [-0.39, 0.29) is 24.9 Å². The lowest BCUT2D eigenvalue weighted by Crippen LogP contribution is -2.39. The topological polar surface area (TPSA) is 106 Å². The number of nitrogens with one attached hydrogen (secondary N) is 2. The van der Waals surface area contributed by atoms with Crippen LogP contribution in [0.1, 0.15) is 0 Å². The number of hydrogen-bond acceptors (Lipinski definition) is 5. The zero-order valence-corrected chi connectivity index (χ0v) is 11.7. The Bertz CT molecular complexity index is 529.